The molecule has 1 aliphatic rings. The van der Waals surface area contributed by atoms with Crippen LogP contribution in [0.1, 0.15) is 37.0 Å². The van der Waals surface area contributed by atoms with Gasteiger partial charge in [-0.15, -0.1) is 10.2 Å². The van der Waals surface area contributed by atoms with Crippen LogP contribution in [0.4, 0.5) is 0 Å². The first-order chi connectivity index (χ1) is 9.69. The van der Waals surface area contributed by atoms with Gasteiger partial charge in [0.05, 0.1) is 6.54 Å². The van der Waals surface area contributed by atoms with Crippen LogP contribution in [-0.2, 0) is 25.9 Å². The van der Waals surface area contributed by atoms with Gasteiger partial charge in [-0.25, -0.2) is 4.79 Å². The highest BCUT2D eigenvalue weighted by Gasteiger charge is 2.16. The molecule has 7 heteroatoms. The van der Waals surface area contributed by atoms with E-state index in [1.54, 1.807) is 6.20 Å². The molecular weight excluding hydrogens is 258 g/mol. The summed E-state index contributed by atoms with van der Waals surface area (Å²) in [5, 5.41) is 8.34. The van der Waals surface area contributed by atoms with Crippen molar-refractivity contribution in [3.63, 3.8) is 0 Å². The predicted molar refractivity (Wildman–Crippen MR) is 72.8 cm³/mol. The maximum Gasteiger partial charge on any atom is 0.328 e. The fourth-order valence-corrected chi connectivity index (χ4v) is 2.56. The van der Waals surface area contributed by atoms with Crippen LogP contribution in [0.5, 0.6) is 0 Å². The molecule has 1 N–H and O–H groups in total. The van der Waals surface area contributed by atoms with Crippen LogP contribution in [0.15, 0.2) is 15.8 Å². The van der Waals surface area contributed by atoms with Crippen molar-refractivity contribution in [3.05, 3.63) is 44.2 Å². The summed E-state index contributed by atoms with van der Waals surface area (Å²) in [5.41, 5.74) is -0.111. The zero-order chi connectivity index (χ0) is 14.1. The molecule has 0 aliphatic carbocycles. The average Bonchev–Trinajstić information content (AvgIpc) is 2.85. The van der Waals surface area contributed by atoms with Crippen LogP contribution in [-0.4, -0.2) is 24.3 Å². The molecule has 0 spiro atoms. The molecule has 0 amide bonds. The lowest BCUT2D eigenvalue weighted by Crippen LogP contribution is -2.32. The molecule has 0 unspecified atom stereocenters. The van der Waals surface area contributed by atoms with Crippen molar-refractivity contribution in [2.45, 2.75) is 45.7 Å². The molecule has 2 aromatic rings. The summed E-state index contributed by atoms with van der Waals surface area (Å²) in [5.74, 6) is 1.76. The van der Waals surface area contributed by atoms with Crippen molar-refractivity contribution < 1.29 is 0 Å². The van der Waals surface area contributed by atoms with E-state index in [0.29, 0.717) is 18.5 Å². The lowest BCUT2D eigenvalue weighted by molar-refractivity contribution is 0.498. The fourth-order valence-electron chi connectivity index (χ4n) is 2.56. The van der Waals surface area contributed by atoms with Crippen molar-refractivity contribution in [2.24, 2.45) is 0 Å². The van der Waals surface area contributed by atoms with Gasteiger partial charge in [0.15, 0.2) is 5.82 Å². The Balaban J connectivity index is 1.97. The molecule has 0 saturated heterocycles. The molecule has 0 fully saturated rings. The number of nitrogens with one attached hydrogen (secondary N) is 1. The Hall–Kier alpha value is -2.18. The van der Waals surface area contributed by atoms with E-state index in [0.717, 1.165) is 37.5 Å². The van der Waals surface area contributed by atoms with Gasteiger partial charge in [-0.05, 0) is 19.3 Å². The Bertz CT molecular complexity index is 740. The summed E-state index contributed by atoms with van der Waals surface area (Å²) in [7, 11) is 0. The van der Waals surface area contributed by atoms with Gasteiger partial charge >= 0.3 is 5.69 Å². The molecule has 0 bridgehead atoms. The van der Waals surface area contributed by atoms with Gasteiger partial charge in [0.25, 0.3) is 5.56 Å². The smallest absolute Gasteiger partial charge is 0.313 e. The Morgan fingerprint density at radius 1 is 1.30 bits per heavy atom. The van der Waals surface area contributed by atoms with Crippen LogP contribution in [0.25, 0.3) is 0 Å². The first-order valence-electron chi connectivity index (χ1n) is 6.92. The third-order valence-electron chi connectivity index (χ3n) is 3.71. The van der Waals surface area contributed by atoms with E-state index in [9.17, 15) is 9.59 Å². The topological polar surface area (TPSA) is 85.6 Å². The Kier molecular flexibility index (Phi) is 3.25. The third-order valence-corrected chi connectivity index (χ3v) is 3.71. The van der Waals surface area contributed by atoms with Crippen LogP contribution in [0, 0.1) is 0 Å². The minimum Gasteiger partial charge on any atom is -0.313 e. The van der Waals surface area contributed by atoms with Gasteiger partial charge < -0.3 is 4.57 Å². The van der Waals surface area contributed by atoms with Crippen molar-refractivity contribution >= 4 is 0 Å². The molecule has 2 aromatic heterocycles. The summed E-state index contributed by atoms with van der Waals surface area (Å²) in [6, 6.07) is 0. The zero-order valence-electron chi connectivity index (χ0n) is 11.4. The second kappa shape index (κ2) is 5.07. The molecule has 7 nitrogen and oxygen atoms in total. The number of hydrogen-bond donors (Lipinski definition) is 1. The van der Waals surface area contributed by atoms with Crippen molar-refractivity contribution in [1.29, 1.82) is 0 Å². The van der Waals surface area contributed by atoms with E-state index in [2.05, 4.69) is 19.7 Å². The van der Waals surface area contributed by atoms with Gasteiger partial charge in [-0.1, -0.05) is 6.92 Å². The fraction of sp³-hybridized carbons (Fsp3) is 0.538. The van der Waals surface area contributed by atoms with Crippen LogP contribution in [0.3, 0.4) is 0 Å². The number of hydrogen-bond acceptors (Lipinski definition) is 4. The Morgan fingerprint density at radius 3 is 2.95 bits per heavy atom. The molecule has 1 aliphatic heterocycles. The number of nitrogens with zero attached hydrogens (tertiary/aromatic N) is 4. The quantitative estimate of drug-likeness (QED) is 0.859. The van der Waals surface area contributed by atoms with Gasteiger partial charge in [-0.3, -0.25) is 14.3 Å². The number of rotatable bonds is 3. The molecule has 0 radical (unpaired) electrons. The van der Waals surface area contributed by atoms with E-state index in [1.165, 1.54) is 4.57 Å². The summed E-state index contributed by atoms with van der Waals surface area (Å²) in [6.07, 6.45) is 5.39. The standard InChI is InChI=1S/C13H17N5O2/c1-2-9-7-17(13(20)14-12(9)19)8-11-16-15-10-5-3-4-6-18(10)11/h7H,2-6,8H2,1H3,(H,14,19,20). The van der Waals surface area contributed by atoms with Gasteiger partial charge in [0.1, 0.15) is 5.82 Å². The minimum atomic E-state index is -0.402. The zero-order valence-corrected chi connectivity index (χ0v) is 11.4. The summed E-state index contributed by atoms with van der Waals surface area (Å²) in [4.78, 5) is 25.8. The molecule has 0 aromatic carbocycles. The molecule has 20 heavy (non-hydrogen) atoms. The third kappa shape index (κ3) is 2.19. The highest BCUT2D eigenvalue weighted by molar-refractivity contribution is 5.06. The molecule has 3 heterocycles. The molecular formula is C13H17N5O2. The molecule has 106 valence electrons. The Morgan fingerprint density at radius 2 is 2.15 bits per heavy atom. The molecule has 0 atom stereocenters. The van der Waals surface area contributed by atoms with Crippen molar-refractivity contribution in [1.82, 2.24) is 24.3 Å². The maximum atomic E-state index is 11.9. The molecule has 3 rings (SSSR count). The van der Waals surface area contributed by atoms with E-state index >= 15 is 0 Å². The number of aromatic amines is 1. The normalized spacial score (nSPS) is 14.2. The predicted octanol–water partition coefficient (Wildman–Crippen LogP) is 0.0751. The van der Waals surface area contributed by atoms with E-state index in [-0.39, 0.29) is 5.56 Å². The first kappa shape index (κ1) is 12.8. The Labute approximate surface area is 115 Å². The lowest BCUT2D eigenvalue weighted by atomic mass is 10.2. The highest BCUT2D eigenvalue weighted by atomic mass is 16.2. The van der Waals surface area contributed by atoms with Gasteiger partial charge in [0.2, 0.25) is 0 Å². The van der Waals surface area contributed by atoms with Gasteiger partial charge in [-0.2, -0.15) is 0 Å². The monoisotopic (exact) mass is 275 g/mol. The number of aromatic nitrogens is 5. The minimum absolute atomic E-state index is 0.308. The number of fused-ring (bicyclic) bond motifs is 1. The summed E-state index contributed by atoms with van der Waals surface area (Å²) < 4.78 is 3.57. The van der Waals surface area contributed by atoms with E-state index in [1.807, 2.05) is 6.92 Å². The largest absolute Gasteiger partial charge is 0.328 e. The van der Waals surface area contributed by atoms with Crippen LogP contribution < -0.4 is 11.2 Å². The summed E-state index contributed by atoms with van der Waals surface area (Å²) >= 11 is 0. The summed E-state index contributed by atoms with van der Waals surface area (Å²) in [6.45, 7) is 3.13. The highest BCUT2D eigenvalue weighted by Crippen LogP contribution is 2.14. The number of H-pyrrole nitrogens is 1. The number of aryl methyl sites for hydroxylation is 2. The van der Waals surface area contributed by atoms with Crippen LogP contribution >= 0.6 is 0 Å². The average molecular weight is 275 g/mol. The maximum absolute atomic E-state index is 11.9. The SMILES string of the molecule is CCc1cn(Cc2nnc3n2CCCC3)c(=O)[nH]c1=O. The molecule has 0 saturated carbocycles. The van der Waals surface area contributed by atoms with E-state index in [4.69, 9.17) is 0 Å². The first-order valence-corrected chi connectivity index (χ1v) is 6.92. The van der Waals surface area contributed by atoms with Crippen molar-refractivity contribution in [3.8, 4) is 0 Å². The lowest BCUT2D eigenvalue weighted by Gasteiger charge is -2.15. The second-order valence-electron chi connectivity index (χ2n) is 5.04. The van der Waals surface area contributed by atoms with E-state index < -0.39 is 5.69 Å². The van der Waals surface area contributed by atoms with Gasteiger partial charge in [0, 0.05) is 24.7 Å². The van der Waals surface area contributed by atoms with Crippen molar-refractivity contribution in [2.75, 3.05) is 0 Å². The van der Waals surface area contributed by atoms with Crippen LogP contribution in [0.2, 0.25) is 0 Å². The second-order valence-corrected chi connectivity index (χ2v) is 5.04.